The third-order valence-electron chi connectivity index (χ3n) is 2.59. The second-order valence-corrected chi connectivity index (χ2v) is 5.88. The van der Waals surface area contributed by atoms with Crippen LogP contribution in [0, 0.1) is 0 Å². The molecule has 0 spiro atoms. The molecule has 0 bridgehead atoms. The lowest BCUT2D eigenvalue weighted by atomic mass is 10.0. The molecule has 0 unspecified atom stereocenters. The summed E-state index contributed by atoms with van der Waals surface area (Å²) in [7, 11) is 0. The van der Waals surface area contributed by atoms with Crippen LogP contribution in [0.15, 0.2) is 18.2 Å². The number of nitrogens with zero attached hydrogens (tertiary/aromatic N) is 1. The van der Waals surface area contributed by atoms with E-state index in [0.717, 1.165) is 0 Å². The first kappa shape index (κ1) is 15.5. The zero-order valence-corrected chi connectivity index (χ0v) is 12.3. The SMILES string of the molecule is CC(=O)Cc1ccc(Cl)cc1N(C(=O)O)C(C)(C)C. The number of benzene rings is 1. The van der Waals surface area contributed by atoms with Crippen LogP contribution in [0.5, 0.6) is 0 Å². The van der Waals surface area contributed by atoms with E-state index in [1.807, 2.05) is 0 Å². The molecule has 0 atom stereocenters. The van der Waals surface area contributed by atoms with Gasteiger partial charge < -0.3 is 5.11 Å². The Bertz CT molecular complexity index is 506. The highest BCUT2D eigenvalue weighted by atomic mass is 35.5. The van der Waals surface area contributed by atoms with Gasteiger partial charge in [0.25, 0.3) is 0 Å². The third-order valence-corrected chi connectivity index (χ3v) is 2.82. The van der Waals surface area contributed by atoms with Gasteiger partial charge in [0.05, 0.1) is 5.69 Å². The fourth-order valence-corrected chi connectivity index (χ4v) is 2.08. The van der Waals surface area contributed by atoms with Gasteiger partial charge in [-0.3, -0.25) is 9.69 Å². The van der Waals surface area contributed by atoms with Gasteiger partial charge >= 0.3 is 6.09 Å². The molecular weight excluding hydrogens is 266 g/mol. The Hall–Kier alpha value is -1.55. The summed E-state index contributed by atoms with van der Waals surface area (Å²) in [6.07, 6.45) is -0.883. The molecule has 0 saturated heterocycles. The van der Waals surface area contributed by atoms with Gasteiger partial charge in [0.15, 0.2) is 0 Å². The van der Waals surface area contributed by atoms with Gasteiger partial charge in [0.2, 0.25) is 0 Å². The Kier molecular flexibility index (Phi) is 4.58. The van der Waals surface area contributed by atoms with Crippen molar-refractivity contribution in [3.63, 3.8) is 0 Å². The zero-order valence-electron chi connectivity index (χ0n) is 11.5. The summed E-state index contributed by atoms with van der Waals surface area (Å²) < 4.78 is 0. The van der Waals surface area contributed by atoms with Crippen LogP contribution in [-0.4, -0.2) is 22.5 Å². The van der Waals surface area contributed by atoms with Crippen LogP contribution in [0.3, 0.4) is 0 Å². The van der Waals surface area contributed by atoms with Crippen LogP contribution in [0.25, 0.3) is 0 Å². The molecule has 1 aromatic rings. The maximum atomic E-state index is 11.5. The van der Waals surface area contributed by atoms with Gasteiger partial charge in [-0.15, -0.1) is 0 Å². The minimum atomic E-state index is -1.07. The van der Waals surface area contributed by atoms with E-state index in [4.69, 9.17) is 11.6 Å². The molecule has 104 valence electrons. The van der Waals surface area contributed by atoms with Crippen molar-refractivity contribution >= 4 is 29.2 Å². The molecule has 0 radical (unpaired) electrons. The number of Topliss-reactive ketones (excluding diaryl/α,β-unsaturated/α-hetero) is 1. The van der Waals surface area contributed by atoms with E-state index in [1.165, 1.54) is 11.8 Å². The number of halogens is 1. The Balaban J connectivity index is 3.40. The minimum Gasteiger partial charge on any atom is -0.465 e. The van der Waals surface area contributed by atoms with Crippen LogP contribution in [0.2, 0.25) is 5.02 Å². The number of hydrogen-bond donors (Lipinski definition) is 1. The molecular formula is C14H18ClNO3. The molecule has 1 amide bonds. The minimum absolute atomic E-state index is 0.0252. The number of anilines is 1. The summed E-state index contributed by atoms with van der Waals surface area (Å²) in [5.74, 6) is -0.0252. The number of carbonyl (C=O) groups excluding carboxylic acids is 1. The summed E-state index contributed by atoms with van der Waals surface area (Å²) >= 11 is 5.95. The van der Waals surface area contributed by atoms with E-state index in [0.29, 0.717) is 16.3 Å². The monoisotopic (exact) mass is 283 g/mol. The van der Waals surface area contributed by atoms with Crippen LogP contribution in [0.1, 0.15) is 33.3 Å². The second kappa shape index (κ2) is 5.61. The van der Waals surface area contributed by atoms with Crippen molar-refractivity contribution in [3.05, 3.63) is 28.8 Å². The van der Waals surface area contributed by atoms with Crippen LogP contribution < -0.4 is 4.90 Å². The van der Waals surface area contributed by atoms with E-state index >= 15 is 0 Å². The molecule has 1 N–H and O–H groups in total. The molecule has 0 fully saturated rings. The Morgan fingerprint density at radius 1 is 1.32 bits per heavy atom. The topological polar surface area (TPSA) is 57.6 Å². The summed E-state index contributed by atoms with van der Waals surface area (Å²) in [6, 6.07) is 4.94. The van der Waals surface area contributed by atoms with E-state index in [1.54, 1.807) is 39.0 Å². The van der Waals surface area contributed by atoms with Crippen LogP contribution in [-0.2, 0) is 11.2 Å². The largest absolute Gasteiger partial charge is 0.465 e. The summed E-state index contributed by atoms with van der Waals surface area (Å²) in [4.78, 5) is 24.0. The number of ketones is 1. The molecule has 0 aliphatic heterocycles. The molecule has 5 heteroatoms. The predicted octanol–water partition coefficient (Wildman–Crippen LogP) is 3.75. The first-order valence-corrected chi connectivity index (χ1v) is 6.31. The number of carbonyl (C=O) groups is 2. The molecule has 1 rings (SSSR count). The highest BCUT2D eigenvalue weighted by molar-refractivity contribution is 6.31. The van der Waals surface area contributed by atoms with Gasteiger partial charge in [0, 0.05) is 17.0 Å². The second-order valence-electron chi connectivity index (χ2n) is 5.44. The first-order valence-electron chi connectivity index (χ1n) is 5.94. The number of rotatable bonds is 3. The van der Waals surface area contributed by atoms with Crippen LogP contribution >= 0.6 is 11.6 Å². The van der Waals surface area contributed by atoms with E-state index in [2.05, 4.69) is 0 Å². The van der Waals surface area contributed by atoms with Gasteiger partial charge in [-0.05, 0) is 45.4 Å². The average Bonchev–Trinajstić information content (AvgIpc) is 2.18. The highest BCUT2D eigenvalue weighted by Crippen LogP contribution is 2.31. The Morgan fingerprint density at radius 3 is 2.32 bits per heavy atom. The molecule has 1 aromatic carbocycles. The predicted molar refractivity (Wildman–Crippen MR) is 76.1 cm³/mol. The Labute approximate surface area is 118 Å². The standard InChI is InChI=1S/C14H18ClNO3/c1-9(17)7-10-5-6-11(15)8-12(10)16(13(18)19)14(2,3)4/h5-6,8H,7H2,1-4H3,(H,18,19). The van der Waals surface area contributed by atoms with Crippen molar-refractivity contribution in [1.29, 1.82) is 0 Å². The van der Waals surface area contributed by atoms with Gasteiger partial charge in [-0.25, -0.2) is 4.79 Å². The lowest BCUT2D eigenvalue weighted by Crippen LogP contribution is -2.45. The van der Waals surface area contributed by atoms with Gasteiger partial charge in [-0.1, -0.05) is 17.7 Å². The maximum absolute atomic E-state index is 11.5. The van der Waals surface area contributed by atoms with E-state index < -0.39 is 11.6 Å². The van der Waals surface area contributed by atoms with Crippen molar-refractivity contribution < 1.29 is 14.7 Å². The first-order chi connectivity index (χ1) is 8.62. The average molecular weight is 284 g/mol. The zero-order chi connectivity index (χ0) is 14.8. The van der Waals surface area contributed by atoms with Crippen molar-refractivity contribution in [1.82, 2.24) is 0 Å². The molecule has 0 heterocycles. The Morgan fingerprint density at radius 2 is 1.89 bits per heavy atom. The van der Waals surface area contributed by atoms with Crippen molar-refractivity contribution in [2.45, 2.75) is 39.7 Å². The summed E-state index contributed by atoms with van der Waals surface area (Å²) in [5, 5.41) is 9.85. The van der Waals surface area contributed by atoms with Crippen LogP contribution in [0.4, 0.5) is 10.5 Å². The molecule has 0 saturated carbocycles. The maximum Gasteiger partial charge on any atom is 0.412 e. The van der Waals surface area contributed by atoms with Crippen molar-refractivity contribution in [3.8, 4) is 0 Å². The molecule has 19 heavy (non-hydrogen) atoms. The highest BCUT2D eigenvalue weighted by Gasteiger charge is 2.29. The third kappa shape index (κ3) is 3.96. The lowest BCUT2D eigenvalue weighted by Gasteiger charge is -2.34. The molecule has 0 aromatic heterocycles. The fraction of sp³-hybridized carbons (Fsp3) is 0.429. The smallest absolute Gasteiger partial charge is 0.412 e. The van der Waals surface area contributed by atoms with Gasteiger partial charge in [0.1, 0.15) is 5.78 Å². The lowest BCUT2D eigenvalue weighted by molar-refractivity contribution is -0.116. The number of amides is 1. The fourth-order valence-electron chi connectivity index (χ4n) is 1.91. The van der Waals surface area contributed by atoms with E-state index in [9.17, 15) is 14.7 Å². The van der Waals surface area contributed by atoms with Crippen molar-refractivity contribution in [2.24, 2.45) is 0 Å². The quantitative estimate of drug-likeness (QED) is 0.919. The normalized spacial score (nSPS) is 11.2. The van der Waals surface area contributed by atoms with Gasteiger partial charge in [-0.2, -0.15) is 0 Å². The molecule has 0 aliphatic carbocycles. The van der Waals surface area contributed by atoms with Crippen molar-refractivity contribution in [2.75, 3.05) is 4.90 Å². The number of hydrogen-bond acceptors (Lipinski definition) is 2. The summed E-state index contributed by atoms with van der Waals surface area (Å²) in [5.41, 5.74) is 0.499. The molecule has 0 aliphatic rings. The summed E-state index contributed by atoms with van der Waals surface area (Å²) in [6.45, 7) is 6.85. The van der Waals surface area contributed by atoms with E-state index in [-0.39, 0.29) is 12.2 Å². The number of carboxylic acid groups (broad SMARTS) is 1. The molecule has 4 nitrogen and oxygen atoms in total.